The summed E-state index contributed by atoms with van der Waals surface area (Å²) in [4.78, 5) is 14.1. The molecule has 0 heterocycles. The highest BCUT2D eigenvalue weighted by atomic mass is 16.5. The normalized spacial score (nSPS) is 13.7. The van der Waals surface area contributed by atoms with Crippen molar-refractivity contribution in [1.82, 2.24) is 4.90 Å². The fourth-order valence-corrected chi connectivity index (χ4v) is 2.09. The number of nitriles is 1. The lowest BCUT2D eigenvalue weighted by Crippen LogP contribution is -2.35. The first-order valence-corrected chi connectivity index (χ1v) is 6.54. The van der Waals surface area contributed by atoms with Gasteiger partial charge in [0.2, 0.25) is 5.91 Å². The molecule has 0 N–H and O–H groups in total. The fraction of sp³-hybridized carbons (Fsp3) is 0.467. The number of benzene rings is 1. The molecule has 0 aromatic heterocycles. The van der Waals surface area contributed by atoms with Gasteiger partial charge in [-0.2, -0.15) is 5.26 Å². The lowest BCUT2D eigenvalue weighted by atomic mass is 10.1. The predicted molar refractivity (Wildman–Crippen MR) is 71.7 cm³/mol. The average molecular weight is 258 g/mol. The van der Waals surface area contributed by atoms with Crippen molar-refractivity contribution in [3.05, 3.63) is 29.8 Å². The van der Waals surface area contributed by atoms with Crippen molar-refractivity contribution in [2.45, 2.75) is 31.7 Å². The SMILES string of the molecule is COc1ccc(CC(=O)N(CCC#N)C2CC2)cc1. The first-order valence-electron chi connectivity index (χ1n) is 6.54. The van der Waals surface area contributed by atoms with E-state index in [2.05, 4.69) is 6.07 Å². The minimum absolute atomic E-state index is 0.114. The Morgan fingerprint density at radius 1 is 1.42 bits per heavy atom. The van der Waals surface area contributed by atoms with Gasteiger partial charge in [0, 0.05) is 12.6 Å². The molecule has 1 aliphatic carbocycles. The molecule has 0 spiro atoms. The summed E-state index contributed by atoms with van der Waals surface area (Å²) in [6.07, 6.45) is 2.94. The van der Waals surface area contributed by atoms with E-state index in [0.29, 0.717) is 25.4 Å². The molecular weight excluding hydrogens is 240 g/mol. The molecule has 1 aromatic rings. The summed E-state index contributed by atoms with van der Waals surface area (Å²) in [5, 5.41) is 8.64. The summed E-state index contributed by atoms with van der Waals surface area (Å²) in [6, 6.07) is 10.0. The molecule has 0 atom stereocenters. The number of methoxy groups -OCH3 is 1. The van der Waals surface area contributed by atoms with Crippen LogP contribution in [-0.2, 0) is 11.2 Å². The summed E-state index contributed by atoms with van der Waals surface area (Å²) < 4.78 is 5.09. The molecule has 4 heteroatoms. The molecule has 1 fully saturated rings. The third-order valence-corrected chi connectivity index (χ3v) is 3.29. The van der Waals surface area contributed by atoms with Gasteiger partial charge in [0.25, 0.3) is 0 Å². The average Bonchev–Trinajstić information content (AvgIpc) is 3.25. The van der Waals surface area contributed by atoms with Gasteiger partial charge >= 0.3 is 0 Å². The summed E-state index contributed by atoms with van der Waals surface area (Å²) in [5.74, 6) is 0.905. The Balaban J connectivity index is 1.95. The van der Waals surface area contributed by atoms with E-state index in [1.807, 2.05) is 29.2 Å². The summed E-state index contributed by atoms with van der Waals surface area (Å²) in [7, 11) is 1.62. The third-order valence-electron chi connectivity index (χ3n) is 3.29. The quantitative estimate of drug-likeness (QED) is 0.785. The van der Waals surface area contributed by atoms with Crippen LogP contribution in [0.25, 0.3) is 0 Å². The van der Waals surface area contributed by atoms with E-state index < -0.39 is 0 Å². The lowest BCUT2D eigenvalue weighted by Gasteiger charge is -2.21. The van der Waals surface area contributed by atoms with Crippen LogP contribution in [0.3, 0.4) is 0 Å². The second-order valence-corrected chi connectivity index (χ2v) is 4.75. The van der Waals surface area contributed by atoms with Crippen LogP contribution in [0.5, 0.6) is 5.75 Å². The van der Waals surface area contributed by atoms with E-state index in [9.17, 15) is 4.79 Å². The Hall–Kier alpha value is -2.02. The van der Waals surface area contributed by atoms with E-state index in [0.717, 1.165) is 24.2 Å². The maximum atomic E-state index is 12.2. The van der Waals surface area contributed by atoms with Crippen LogP contribution in [0.4, 0.5) is 0 Å². The predicted octanol–water partition coefficient (Wildman–Crippen LogP) is 2.14. The van der Waals surface area contributed by atoms with Crippen LogP contribution in [0.2, 0.25) is 0 Å². The van der Waals surface area contributed by atoms with E-state index in [1.165, 1.54) is 0 Å². The molecule has 0 unspecified atom stereocenters. The maximum Gasteiger partial charge on any atom is 0.227 e. The molecule has 2 rings (SSSR count). The topological polar surface area (TPSA) is 53.3 Å². The lowest BCUT2D eigenvalue weighted by molar-refractivity contribution is -0.131. The van der Waals surface area contributed by atoms with Crippen molar-refractivity contribution in [3.63, 3.8) is 0 Å². The van der Waals surface area contributed by atoms with Crippen molar-refractivity contribution >= 4 is 5.91 Å². The van der Waals surface area contributed by atoms with Gasteiger partial charge in [0.1, 0.15) is 5.75 Å². The van der Waals surface area contributed by atoms with Crippen molar-refractivity contribution in [2.24, 2.45) is 0 Å². The summed E-state index contributed by atoms with van der Waals surface area (Å²) in [6.45, 7) is 0.552. The minimum atomic E-state index is 0.114. The first-order chi connectivity index (χ1) is 9.24. The standard InChI is InChI=1S/C15H18N2O2/c1-19-14-7-3-12(4-8-14)11-15(18)17(10-2-9-16)13-5-6-13/h3-4,7-8,13H,2,5-6,10-11H2,1H3. The number of nitrogens with zero attached hydrogens (tertiary/aromatic N) is 2. The van der Waals surface area contributed by atoms with Gasteiger partial charge in [-0.3, -0.25) is 4.79 Å². The van der Waals surface area contributed by atoms with Gasteiger partial charge < -0.3 is 9.64 Å². The molecule has 4 nitrogen and oxygen atoms in total. The molecule has 100 valence electrons. The van der Waals surface area contributed by atoms with Crippen LogP contribution < -0.4 is 4.74 Å². The number of hydrogen-bond donors (Lipinski definition) is 0. The second kappa shape index (κ2) is 6.24. The second-order valence-electron chi connectivity index (χ2n) is 4.75. The van der Waals surface area contributed by atoms with E-state index in [-0.39, 0.29) is 5.91 Å². The highest BCUT2D eigenvalue weighted by Crippen LogP contribution is 2.27. The molecule has 1 saturated carbocycles. The maximum absolute atomic E-state index is 12.2. The molecule has 19 heavy (non-hydrogen) atoms. The summed E-state index contributed by atoms with van der Waals surface area (Å²) >= 11 is 0. The Bertz CT molecular complexity index is 472. The Labute approximate surface area is 113 Å². The van der Waals surface area contributed by atoms with E-state index in [1.54, 1.807) is 7.11 Å². The number of rotatable bonds is 6. The smallest absolute Gasteiger partial charge is 0.227 e. The van der Waals surface area contributed by atoms with Crippen molar-refractivity contribution < 1.29 is 9.53 Å². The van der Waals surface area contributed by atoms with Gasteiger partial charge in [0.15, 0.2) is 0 Å². The zero-order valence-electron chi connectivity index (χ0n) is 11.1. The van der Waals surface area contributed by atoms with Crippen LogP contribution in [0, 0.1) is 11.3 Å². The fourth-order valence-electron chi connectivity index (χ4n) is 2.09. The van der Waals surface area contributed by atoms with Crippen LogP contribution >= 0.6 is 0 Å². The van der Waals surface area contributed by atoms with E-state index in [4.69, 9.17) is 10.00 Å². The Morgan fingerprint density at radius 2 is 2.11 bits per heavy atom. The minimum Gasteiger partial charge on any atom is -0.497 e. The molecule has 1 aliphatic rings. The molecule has 1 amide bonds. The van der Waals surface area contributed by atoms with Crippen LogP contribution in [0.15, 0.2) is 24.3 Å². The van der Waals surface area contributed by atoms with Crippen molar-refractivity contribution in [3.8, 4) is 11.8 Å². The molecule has 0 radical (unpaired) electrons. The third kappa shape index (κ3) is 3.72. The largest absolute Gasteiger partial charge is 0.497 e. The van der Waals surface area contributed by atoms with Gasteiger partial charge in [-0.1, -0.05) is 12.1 Å². The van der Waals surface area contributed by atoms with E-state index >= 15 is 0 Å². The first kappa shape index (κ1) is 13.4. The summed E-state index contributed by atoms with van der Waals surface area (Å²) in [5.41, 5.74) is 0.980. The van der Waals surface area contributed by atoms with Gasteiger partial charge in [0.05, 0.1) is 26.0 Å². The van der Waals surface area contributed by atoms with Gasteiger partial charge in [-0.15, -0.1) is 0 Å². The number of ether oxygens (including phenoxy) is 1. The molecule has 1 aromatic carbocycles. The number of amides is 1. The molecular formula is C15H18N2O2. The number of carbonyl (C=O) groups is 1. The Morgan fingerprint density at radius 3 is 2.63 bits per heavy atom. The highest BCUT2D eigenvalue weighted by molar-refractivity contribution is 5.79. The van der Waals surface area contributed by atoms with Gasteiger partial charge in [-0.25, -0.2) is 0 Å². The highest BCUT2D eigenvalue weighted by Gasteiger charge is 2.31. The zero-order valence-corrected chi connectivity index (χ0v) is 11.1. The van der Waals surface area contributed by atoms with Crippen molar-refractivity contribution in [2.75, 3.05) is 13.7 Å². The molecule has 0 aliphatic heterocycles. The monoisotopic (exact) mass is 258 g/mol. The molecule has 0 saturated heterocycles. The van der Waals surface area contributed by atoms with Gasteiger partial charge in [-0.05, 0) is 30.5 Å². The number of hydrogen-bond acceptors (Lipinski definition) is 3. The molecule has 0 bridgehead atoms. The Kier molecular flexibility index (Phi) is 4.40. The van der Waals surface area contributed by atoms with Crippen LogP contribution in [0.1, 0.15) is 24.8 Å². The number of carbonyl (C=O) groups excluding carboxylic acids is 1. The zero-order chi connectivity index (χ0) is 13.7. The van der Waals surface area contributed by atoms with Crippen molar-refractivity contribution in [1.29, 1.82) is 5.26 Å². The van der Waals surface area contributed by atoms with Crippen LogP contribution in [-0.4, -0.2) is 30.5 Å².